The lowest BCUT2D eigenvalue weighted by Crippen LogP contribution is -2.21. The van der Waals surface area contributed by atoms with Gasteiger partial charge in [0.15, 0.2) is 11.5 Å². The van der Waals surface area contributed by atoms with Crippen LogP contribution in [0.2, 0.25) is 0 Å². The lowest BCUT2D eigenvalue weighted by atomic mass is 10.3. The summed E-state index contributed by atoms with van der Waals surface area (Å²) in [6.45, 7) is 0.964. The van der Waals surface area contributed by atoms with Gasteiger partial charge in [-0.1, -0.05) is 0 Å². The zero-order valence-corrected chi connectivity index (χ0v) is 14.5. The highest BCUT2D eigenvalue weighted by atomic mass is 32.2. The Kier molecular flexibility index (Phi) is 5.18. The summed E-state index contributed by atoms with van der Waals surface area (Å²) in [6, 6.07) is 11.9. The smallest absolute Gasteiger partial charge is 0.236 e. The van der Waals surface area contributed by atoms with Crippen LogP contribution in [0.25, 0.3) is 0 Å². The third kappa shape index (κ3) is 4.69. The van der Waals surface area contributed by atoms with Crippen molar-refractivity contribution in [1.29, 1.82) is 0 Å². The average Bonchev–Trinajstić information content (AvgIpc) is 2.61. The van der Waals surface area contributed by atoms with Crippen molar-refractivity contribution in [3.8, 4) is 23.0 Å². The summed E-state index contributed by atoms with van der Waals surface area (Å²) in [5.41, 5.74) is 0.425. The second-order valence-corrected chi connectivity index (χ2v) is 7.15. The number of nitrogens with one attached hydrogen (secondary N) is 1. The van der Waals surface area contributed by atoms with Crippen LogP contribution in [0.15, 0.2) is 42.5 Å². The van der Waals surface area contributed by atoms with Crippen LogP contribution >= 0.6 is 0 Å². The molecule has 0 fully saturated rings. The monoisotopic (exact) mass is 365 g/mol. The third-order valence-corrected chi connectivity index (χ3v) is 4.75. The van der Waals surface area contributed by atoms with Crippen molar-refractivity contribution in [3.05, 3.63) is 42.5 Å². The second kappa shape index (κ2) is 7.52. The first-order valence-corrected chi connectivity index (χ1v) is 9.38. The lowest BCUT2D eigenvalue weighted by molar-refractivity contribution is 0.171. The molecule has 0 aliphatic carbocycles. The number of hydrogen-bond donors (Lipinski definition) is 1. The molecule has 0 saturated carbocycles. The van der Waals surface area contributed by atoms with Crippen molar-refractivity contribution in [1.82, 2.24) is 0 Å². The molecule has 3 rings (SSSR count). The number of hydrogen-bond acceptors (Lipinski definition) is 6. The molecule has 1 heterocycles. The Bertz CT molecular complexity index is 820. The summed E-state index contributed by atoms with van der Waals surface area (Å²) >= 11 is 0. The molecule has 0 atom stereocenters. The topological polar surface area (TPSA) is 83.1 Å². The minimum absolute atomic E-state index is 0.0339. The lowest BCUT2D eigenvalue weighted by Gasteiger charge is -2.19. The standard InChI is InChI=1S/C17H19NO6S/c1-21-14-3-5-15(6-4-14)22-10-11-25(19,20)18-13-2-7-16-17(12-13)24-9-8-23-16/h2-7,12,18H,8-11H2,1H3. The van der Waals surface area contributed by atoms with Crippen molar-refractivity contribution in [3.63, 3.8) is 0 Å². The van der Waals surface area contributed by atoms with Crippen LogP contribution in [0.5, 0.6) is 23.0 Å². The largest absolute Gasteiger partial charge is 0.497 e. The molecule has 0 spiro atoms. The van der Waals surface area contributed by atoms with E-state index in [9.17, 15) is 8.42 Å². The van der Waals surface area contributed by atoms with E-state index in [0.717, 1.165) is 0 Å². The van der Waals surface area contributed by atoms with Gasteiger partial charge in [0.05, 0.1) is 12.8 Å². The molecule has 1 aliphatic rings. The molecule has 0 amide bonds. The van der Waals surface area contributed by atoms with Gasteiger partial charge in [-0.05, 0) is 36.4 Å². The van der Waals surface area contributed by atoms with E-state index in [0.29, 0.717) is 41.9 Å². The highest BCUT2D eigenvalue weighted by molar-refractivity contribution is 7.92. The number of methoxy groups -OCH3 is 1. The van der Waals surface area contributed by atoms with Gasteiger partial charge in [0.1, 0.15) is 37.1 Å². The van der Waals surface area contributed by atoms with Gasteiger partial charge in [0.25, 0.3) is 0 Å². The molecule has 0 aromatic heterocycles. The summed E-state index contributed by atoms with van der Waals surface area (Å²) in [5, 5.41) is 0. The van der Waals surface area contributed by atoms with Crippen LogP contribution in [-0.2, 0) is 10.0 Å². The average molecular weight is 365 g/mol. The molecule has 7 nitrogen and oxygen atoms in total. The van der Waals surface area contributed by atoms with Crippen LogP contribution in [0.4, 0.5) is 5.69 Å². The van der Waals surface area contributed by atoms with Gasteiger partial charge in [-0.3, -0.25) is 4.72 Å². The van der Waals surface area contributed by atoms with Crippen LogP contribution in [-0.4, -0.2) is 41.1 Å². The van der Waals surface area contributed by atoms with Crippen molar-refractivity contribution in [2.75, 3.05) is 37.4 Å². The van der Waals surface area contributed by atoms with Gasteiger partial charge in [-0.25, -0.2) is 8.42 Å². The van der Waals surface area contributed by atoms with E-state index in [-0.39, 0.29) is 12.4 Å². The van der Waals surface area contributed by atoms with Gasteiger partial charge in [-0.2, -0.15) is 0 Å². The molecule has 0 saturated heterocycles. The highest BCUT2D eigenvalue weighted by Crippen LogP contribution is 2.32. The Hall–Kier alpha value is -2.61. The maximum atomic E-state index is 12.2. The van der Waals surface area contributed by atoms with Gasteiger partial charge < -0.3 is 18.9 Å². The minimum atomic E-state index is -3.54. The maximum absolute atomic E-state index is 12.2. The molecule has 0 unspecified atom stereocenters. The summed E-state index contributed by atoms with van der Waals surface area (Å²) in [4.78, 5) is 0. The van der Waals surface area contributed by atoms with E-state index >= 15 is 0 Å². The summed E-state index contributed by atoms with van der Waals surface area (Å²) < 4.78 is 48.2. The fourth-order valence-corrected chi connectivity index (χ4v) is 3.17. The van der Waals surface area contributed by atoms with Crippen molar-refractivity contribution in [2.45, 2.75) is 0 Å². The van der Waals surface area contributed by atoms with E-state index < -0.39 is 10.0 Å². The molecule has 0 radical (unpaired) electrons. The van der Waals surface area contributed by atoms with Crippen LogP contribution in [0, 0.1) is 0 Å². The summed E-state index contributed by atoms with van der Waals surface area (Å²) in [6.07, 6.45) is 0. The maximum Gasteiger partial charge on any atom is 0.236 e. The number of sulfonamides is 1. The fraction of sp³-hybridized carbons (Fsp3) is 0.294. The van der Waals surface area contributed by atoms with Gasteiger partial charge in [-0.15, -0.1) is 0 Å². The first-order chi connectivity index (χ1) is 12.1. The first-order valence-electron chi connectivity index (χ1n) is 7.73. The Morgan fingerprint density at radius 1 is 1.00 bits per heavy atom. The SMILES string of the molecule is COc1ccc(OCCS(=O)(=O)Nc2ccc3c(c2)OCCO3)cc1. The quantitative estimate of drug-likeness (QED) is 0.811. The van der Waals surface area contributed by atoms with Crippen molar-refractivity contribution < 1.29 is 27.4 Å². The number of anilines is 1. The molecular weight excluding hydrogens is 346 g/mol. The molecule has 8 heteroatoms. The van der Waals surface area contributed by atoms with Crippen LogP contribution in [0.3, 0.4) is 0 Å². The first kappa shape index (κ1) is 17.2. The van der Waals surface area contributed by atoms with E-state index in [1.807, 2.05) is 0 Å². The Morgan fingerprint density at radius 3 is 2.40 bits per heavy atom. The fourth-order valence-electron chi connectivity index (χ4n) is 2.28. The molecule has 0 bridgehead atoms. The Labute approximate surface area is 146 Å². The molecule has 134 valence electrons. The number of benzene rings is 2. The predicted molar refractivity (Wildman–Crippen MR) is 93.3 cm³/mol. The van der Waals surface area contributed by atoms with Gasteiger partial charge in [0, 0.05) is 6.07 Å². The number of fused-ring (bicyclic) bond motifs is 1. The summed E-state index contributed by atoms with van der Waals surface area (Å²) in [7, 11) is -1.96. The second-order valence-electron chi connectivity index (χ2n) is 5.30. The molecule has 1 N–H and O–H groups in total. The van der Waals surface area contributed by atoms with E-state index in [1.165, 1.54) is 0 Å². The van der Waals surface area contributed by atoms with Crippen molar-refractivity contribution in [2.24, 2.45) is 0 Å². The van der Waals surface area contributed by atoms with E-state index in [1.54, 1.807) is 49.6 Å². The normalized spacial score (nSPS) is 13.2. The predicted octanol–water partition coefficient (Wildman–Crippen LogP) is 2.29. The Balaban J connectivity index is 1.54. The van der Waals surface area contributed by atoms with Gasteiger partial charge >= 0.3 is 0 Å². The van der Waals surface area contributed by atoms with E-state index in [4.69, 9.17) is 18.9 Å². The number of rotatable bonds is 7. The van der Waals surface area contributed by atoms with Gasteiger partial charge in [0.2, 0.25) is 10.0 Å². The zero-order valence-electron chi connectivity index (χ0n) is 13.7. The molecule has 1 aliphatic heterocycles. The summed E-state index contributed by atoms with van der Waals surface area (Å²) in [5.74, 6) is 2.25. The van der Waals surface area contributed by atoms with E-state index in [2.05, 4.69) is 4.72 Å². The Morgan fingerprint density at radius 2 is 1.68 bits per heavy atom. The highest BCUT2D eigenvalue weighted by Gasteiger charge is 2.15. The van der Waals surface area contributed by atoms with Crippen LogP contribution in [0.1, 0.15) is 0 Å². The van der Waals surface area contributed by atoms with Crippen molar-refractivity contribution >= 4 is 15.7 Å². The molecular formula is C17H19NO6S. The molecule has 2 aromatic rings. The molecule has 2 aromatic carbocycles. The van der Waals surface area contributed by atoms with Crippen LogP contribution < -0.4 is 23.7 Å². The third-order valence-electron chi connectivity index (χ3n) is 3.50. The molecule has 25 heavy (non-hydrogen) atoms. The zero-order chi connectivity index (χ0) is 17.7. The number of ether oxygens (including phenoxy) is 4. The minimum Gasteiger partial charge on any atom is -0.497 e.